The number of carboxylic acids is 1. The van der Waals surface area contributed by atoms with E-state index >= 15 is 0 Å². The number of nitrogens with zero attached hydrogens (tertiary/aromatic N) is 1. The highest BCUT2D eigenvalue weighted by Crippen LogP contribution is 2.35. The second-order valence-electron chi connectivity index (χ2n) is 6.51. The van der Waals surface area contributed by atoms with Crippen LogP contribution in [0, 0.1) is 12.8 Å². The van der Waals surface area contributed by atoms with E-state index in [4.69, 9.17) is 4.74 Å². The highest BCUT2D eigenvalue weighted by Gasteiger charge is 2.40. The van der Waals surface area contributed by atoms with Crippen molar-refractivity contribution in [3.05, 3.63) is 29.3 Å². The van der Waals surface area contributed by atoms with E-state index in [1.54, 1.807) is 11.2 Å². The fourth-order valence-electron chi connectivity index (χ4n) is 3.89. The van der Waals surface area contributed by atoms with Gasteiger partial charge in [-0.1, -0.05) is 6.07 Å². The Morgan fingerprint density at radius 2 is 1.96 bits per heavy atom. The number of carbonyl (C=O) groups is 1. The molecule has 132 valence electrons. The number of benzene rings is 1. The molecule has 2 aliphatic heterocycles. The molecule has 0 spiro atoms. The van der Waals surface area contributed by atoms with Crippen LogP contribution in [0.5, 0.6) is 0 Å². The second kappa shape index (κ2) is 6.82. The van der Waals surface area contributed by atoms with Crippen LogP contribution in [0.15, 0.2) is 23.1 Å². The lowest BCUT2D eigenvalue weighted by Gasteiger charge is -2.33. The molecular weight excluding hydrogens is 330 g/mol. The Kier molecular flexibility index (Phi) is 4.94. The number of ether oxygens (including phenoxy) is 1. The number of rotatable bonds is 4. The number of sulfonamides is 1. The highest BCUT2D eigenvalue weighted by molar-refractivity contribution is 7.89. The Bertz CT molecular complexity index is 724. The van der Waals surface area contributed by atoms with Gasteiger partial charge in [-0.15, -0.1) is 0 Å². The van der Waals surface area contributed by atoms with Crippen LogP contribution in [0.1, 0.15) is 41.6 Å². The molecule has 2 saturated heterocycles. The number of aromatic carboxylic acids is 1. The summed E-state index contributed by atoms with van der Waals surface area (Å²) in [6.45, 7) is 3.43. The lowest BCUT2D eigenvalue weighted by Crippen LogP contribution is -2.42. The fourth-order valence-corrected chi connectivity index (χ4v) is 5.89. The average molecular weight is 353 g/mol. The normalized spacial score (nSPS) is 23.5. The van der Waals surface area contributed by atoms with Crippen LogP contribution in [0.4, 0.5) is 0 Å². The molecule has 2 fully saturated rings. The van der Waals surface area contributed by atoms with Gasteiger partial charge >= 0.3 is 5.97 Å². The van der Waals surface area contributed by atoms with Crippen molar-refractivity contribution in [1.29, 1.82) is 0 Å². The first-order valence-corrected chi connectivity index (χ1v) is 9.79. The maximum Gasteiger partial charge on any atom is 0.335 e. The molecular formula is C17H23NO5S. The van der Waals surface area contributed by atoms with Crippen LogP contribution < -0.4 is 0 Å². The van der Waals surface area contributed by atoms with Gasteiger partial charge in [0.2, 0.25) is 10.0 Å². The average Bonchev–Trinajstić information content (AvgIpc) is 3.06. The summed E-state index contributed by atoms with van der Waals surface area (Å²) in [5, 5.41) is 9.25. The van der Waals surface area contributed by atoms with Crippen LogP contribution in [0.2, 0.25) is 0 Å². The van der Waals surface area contributed by atoms with Gasteiger partial charge in [-0.2, -0.15) is 4.31 Å². The van der Waals surface area contributed by atoms with Crippen LogP contribution in [0.25, 0.3) is 0 Å². The van der Waals surface area contributed by atoms with E-state index in [0.717, 1.165) is 25.7 Å². The monoisotopic (exact) mass is 353 g/mol. The molecule has 0 bridgehead atoms. The van der Waals surface area contributed by atoms with Crippen molar-refractivity contribution < 1.29 is 23.1 Å². The molecule has 2 aliphatic rings. The van der Waals surface area contributed by atoms with Crippen molar-refractivity contribution >= 4 is 16.0 Å². The van der Waals surface area contributed by atoms with Gasteiger partial charge in [-0.05, 0) is 56.2 Å². The lowest BCUT2D eigenvalue weighted by molar-refractivity contribution is 0.0476. The predicted octanol–water partition coefficient (Wildman–Crippen LogP) is 2.27. The maximum absolute atomic E-state index is 13.2. The SMILES string of the molecule is Cc1c(C(=O)O)cccc1S(=O)(=O)N1CCCC1C1CCOCC1. The van der Waals surface area contributed by atoms with Gasteiger partial charge in [-0.25, -0.2) is 13.2 Å². The Labute approximate surface area is 142 Å². The fraction of sp³-hybridized carbons (Fsp3) is 0.588. The summed E-state index contributed by atoms with van der Waals surface area (Å²) >= 11 is 0. The molecule has 0 aliphatic carbocycles. The molecule has 3 rings (SSSR count). The highest BCUT2D eigenvalue weighted by atomic mass is 32.2. The minimum absolute atomic E-state index is 0.00761. The number of hydrogen-bond donors (Lipinski definition) is 1. The van der Waals surface area contributed by atoms with Crippen molar-refractivity contribution in [2.75, 3.05) is 19.8 Å². The Hall–Kier alpha value is -1.44. The summed E-state index contributed by atoms with van der Waals surface area (Å²) in [6.07, 6.45) is 3.47. The number of hydrogen-bond acceptors (Lipinski definition) is 4. The summed E-state index contributed by atoms with van der Waals surface area (Å²) in [6, 6.07) is 4.45. The van der Waals surface area contributed by atoms with Gasteiger partial charge < -0.3 is 9.84 Å². The van der Waals surface area contributed by atoms with E-state index in [0.29, 0.717) is 31.2 Å². The first kappa shape index (κ1) is 17.4. The third-order valence-corrected chi connectivity index (χ3v) is 7.23. The summed E-state index contributed by atoms with van der Waals surface area (Å²) in [5.74, 6) is -0.786. The molecule has 1 aromatic rings. The molecule has 0 radical (unpaired) electrons. The van der Waals surface area contributed by atoms with Crippen LogP contribution in [-0.4, -0.2) is 49.6 Å². The van der Waals surface area contributed by atoms with E-state index in [-0.39, 0.29) is 16.5 Å². The zero-order valence-electron chi connectivity index (χ0n) is 13.8. The van der Waals surface area contributed by atoms with E-state index in [9.17, 15) is 18.3 Å². The predicted molar refractivity (Wildman–Crippen MR) is 88.6 cm³/mol. The lowest BCUT2D eigenvalue weighted by atomic mass is 9.91. The van der Waals surface area contributed by atoms with Crippen molar-refractivity contribution in [2.45, 2.75) is 43.5 Å². The first-order chi connectivity index (χ1) is 11.4. The van der Waals surface area contributed by atoms with Gasteiger partial charge in [0, 0.05) is 25.8 Å². The summed E-state index contributed by atoms with van der Waals surface area (Å²) in [4.78, 5) is 11.4. The Morgan fingerprint density at radius 3 is 2.62 bits per heavy atom. The van der Waals surface area contributed by atoms with Crippen molar-refractivity contribution in [3.63, 3.8) is 0 Å². The molecule has 2 heterocycles. The van der Waals surface area contributed by atoms with Gasteiger partial charge in [-0.3, -0.25) is 0 Å². The van der Waals surface area contributed by atoms with Crippen molar-refractivity contribution in [3.8, 4) is 0 Å². The van der Waals surface area contributed by atoms with E-state index in [1.165, 1.54) is 18.2 Å². The topological polar surface area (TPSA) is 83.9 Å². The van der Waals surface area contributed by atoms with Crippen molar-refractivity contribution in [2.24, 2.45) is 5.92 Å². The maximum atomic E-state index is 13.2. The summed E-state index contributed by atoms with van der Waals surface area (Å²) in [5.41, 5.74) is 0.348. The largest absolute Gasteiger partial charge is 0.478 e. The zero-order valence-corrected chi connectivity index (χ0v) is 14.6. The molecule has 1 atom stereocenters. The Morgan fingerprint density at radius 1 is 1.25 bits per heavy atom. The van der Waals surface area contributed by atoms with Crippen LogP contribution in [-0.2, 0) is 14.8 Å². The van der Waals surface area contributed by atoms with Gasteiger partial charge in [0.1, 0.15) is 0 Å². The quantitative estimate of drug-likeness (QED) is 0.898. The molecule has 24 heavy (non-hydrogen) atoms. The molecule has 6 nitrogen and oxygen atoms in total. The third kappa shape index (κ3) is 3.08. The van der Waals surface area contributed by atoms with Gasteiger partial charge in [0.25, 0.3) is 0 Å². The summed E-state index contributed by atoms with van der Waals surface area (Å²) < 4.78 is 33.4. The molecule has 7 heteroatoms. The molecule has 0 saturated carbocycles. The minimum Gasteiger partial charge on any atom is -0.478 e. The Balaban J connectivity index is 1.95. The van der Waals surface area contributed by atoms with Crippen molar-refractivity contribution in [1.82, 2.24) is 4.31 Å². The smallest absolute Gasteiger partial charge is 0.335 e. The molecule has 1 aromatic carbocycles. The van der Waals surface area contributed by atoms with E-state index < -0.39 is 16.0 Å². The molecule has 0 aromatic heterocycles. The van der Waals surface area contributed by atoms with Crippen LogP contribution >= 0.6 is 0 Å². The molecule has 1 unspecified atom stereocenters. The van der Waals surface area contributed by atoms with E-state index in [1.807, 2.05) is 0 Å². The summed E-state index contributed by atoms with van der Waals surface area (Å²) in [7, 11) is -3.69. The number of carboxylic acid groups (broad SMARTS) is 1. The second-order valence-corrected chi connectivity index (χ2v) is 8.37. The van der Waals surface area contributed by atoms with Gasteiger partial charge in [0.15, 0.2) is 0 Å². The first-order valence-electron chi connectivity index (χ1n) is 8.35. The standard InChI is InChI=1S/C17H23NO5S/c1-12-14(17(19)20)4-2-6-16(12)24(21,22)18-9-3-5-15(18)13-7-10-23-11-8-13/h2,4,6,13,15H,3,5,7-11H2,1H3,(H,19,20). The molecule has 1 N–H and O–H groups in total. The zero-order chi connectivity index (χ0) is 17.3. The van der Waals surface area contributed by atoms with Crippen LogP contribution in [0.3, 0.4) is 0 Å². The van der Waals surface area contributed by atoms with E-state index in [2.05, 4.69) is 0 Å². The minimum atomic E-state index is -3.69. The van der Waals surface area contributed by atoms with Gasteiger partial charge in [0.05, 0.1) is 10.5 Å². The third-order valence-electron chi connectivity index (χ3n) is 5.16. The molecule has 0 amide bonds.